The Morgan fingerprint density at radius 3 is 2.55 bits per heavy atom. The minimum absolute atomic E-state index is 0.0458. The van der Waals surface area contributed by atoms with Gasteiger partial charge in [-0.2, -0.15) is 0 Å². The molecule has 1 aliphatic carbocycles. The van der Waals surface area contributed by atoms with E-state index in [1.807, 2.05) is 48.2 Å². The Morgan fingerprint density at radius 2 is 1.87 bits per heavy atom. The minimum atomic E-state index is -0.464. The molecule has 1 saturated heterocycles. The predicted octanol–water partition coefficient (Wildman–Crippen LogP) is 3.37. The monoisotopic (exact) mass is 418 g/mol. The maximum Gasteiger partial charge on any atom is 0.253 e. The van der Waals surface area contributed by atoms with Crippen LogP contribution in [0.25, 0.3) is 11.3 Å². The molecule has 0 spiro atoms. The molecule has 3 heterocycles. The van der Waals surface area contributed by atoms with E-state index in [9.17, 15) is 9.90 Å². The van der Waals surface area contributed by atoms with Gasteiger partial charge in [0.15, 0.2) is 0 Å². The third kappa shape index (κ3) is 4.05. The number of nitrogens with one attached hydrogen (secondary N) is 1. The van der Waals surface area contributed by atoms with Gasteiger partial charge in [-0.1, -0.05) is 12.1 Å². The van der Waals surface area contributed by atoms with Crippen LogP contribution in [0.15, 0.2) is 59.4 Å². The predicted molar refractivity (Wildman–Crippen MR) is 116 cm³/mol. The smallest absolute Gasteiger partial charge is 0.253 e. The first-order valence-corrected chi connectivity index (χ1v) is 10.7. The highest BCUT2D eigenvalue weighted by Crippen LogP contribution is 2.38. The van der Waals surface area contributed by atoms with Crippen LogP contribution in [0.5, 0.6) is 0 Å². The summed E-state index contributed by atoms with van der Waals surface area (Å²) >= 11 is 0. The molecule has 2 fully saturated rings. The second-order valence-corrected chi connectivity index (χ2v) is 8.60. The number of amides is 1. The molecule has 2 aromatic heterocycles. The van der Waals surface area contributed by atoms with Crippen LogP contribution in [-0.2, 0) is 0 Å². The average molecular weight is 418 g/mol. The summed E-state index contributed by atoms with van der Waals surface area (Å²) in [5, 5.41) is 13.9. The third-order valence-electron chi connectivity index (χ3n) is 6.48. The van der Waals surface area contributed by atoms with Gasteiger partial charge in [-0.25, -0.2) is 4.98 Å². The number of aryl methyl sites for hydroxylation is 1. The largest absolute Gasteiger partial charge is 0.461 e. The van der Waals surface area contributed by atoms with Crippen LogP contribution in [0.2, 0.25) is 0 Å². The fourth-order valence-corrected chi connectivity index (χ4v) is 4.86. The van der Waals surface area contributed by atoms with E-state index < -0.39 is 6.10 Å². The number of aromatic nitrogens is 2. The summed E-state index contributed by atoms with van der Waals surface area (Å²) in [6, 6.07) is 11.4. The van der Waals surface area contributed by atoms with Crippen molar-refractivity contribution in [3.05, 3.63) is 66.3 Å². The van der Waals surface area contributed by atoms with Crippen molar-refractivity contribution in [3.8, 4) is 11.3 Å². The normalized spacial score (nSPS) is 25.3. The van der Waals surface area contributed by atoms with Crippen LogP contribution in [0, 0.1) is 18.8 Å². The van der Waals surface area contributed by atoms with Crippen molar-refractivity contribution in [3.63, 3.8) is 0 Å². The van der Waals surface area contributed by atoms with E-state index in [4.69, 9.17) is 4.42 Å². The second-order valence-electron chi connectivity index (χ2n) is 8.60. The highest BCUT2D eigenvalue weighted by molar-refractivity contribution is 5.94. The Balaban J connectivity index is 1.24. The number of aliphatic hydroxyl groups excluding tert-OH is 1. The lowest BCUT2D eigenvalue weighted by Crippen LogP contribution is -2.43. The van der Waals surface area contributed by atoms with E-state index in [-0.39, 0.29) is 11.9 Å². The van der Waals surface area contributed by atoms with Crippen molar-refractivity contribution < 1.29 is 14.3 Å². The van der Waals surface area contributed by atoms with Crippen molar-refractivity contribution in [2.75, 3.05) is 18.4 Å². The number of aliphatic hydroxyl groups is 1. The lowest BCUT2D eigenvalue weighted by atomic mass is 9.77. The van der Waals surface area contributed by atoms with Crippen molar-refractivity contribution in [1.82, 2.24) is 14.9 Å². The van der Waals surface area contributed by atoms with E-state index in [1.165, 1.54) is 0 Å². The number of anilines is 1. The number of carbonyl (C=O) groups excluding carboxylic acids is 1. The molecule has 4 atom stereocenters. The lowest BCUT2D eigenvalue weighted by molar-refractivity contribution is 0.0727. The molecule has 0 unspecified atom stereocenters. The molecular formula is C24H26N4O3. The molecule has 2 aliphatic rings. The summed E-state index contributed by atoms with van der Waals surface area (Å²) in [6.45, 7) is 3.32. The molecule has 7 heteroatoms. The van der Waals surface area contributed by atoms with Crippen molar-refractivity contribution >= 4 is 11.7 Å². The second kappa shape index (κ2) is 8.15. The third-order valence-corrected chi connectivity index (χ3v) is 6.48. The van der Waals surface area contributed by atoms with Gasteiger partial charge in [0.25, 0.3) is 5.91 Å². The number of furan rings is 1. The molecule has 0 bridgehead atoms. The molecule has 1 aromatic carbocycles. The van der Waals surface area contributed by atoms with Crippen LogP contribution in [0.4, 0.5) is 5.82 Å². The first-order valence-electron chi connectivity index (χ1n) is 10.7. The van der Waals surface area contributed by atoms with Crippen LogP contribution in [-0.4, -0.2) is 51.1 Å². The zero-order chi connectivity index (χ0) is 21.4. The van der Waals surface area contributed by atoms with Crippen LogP contribution < -0.4 is 5.32 Å². The average Bonchev–Trinajstić information content (AvgIpc) is 3.40. The molecule has 2 N–H and O–H groups in total. The quantitative estimate of drug-likeness (QED) is 0.675. The Bertz CT molecular complexity index is 1050. The van der Waals surface area contributed by atoms with Crippen LogP contribution in [0.3, 0.4) is 0 Å². The summed E-state index contributed by atoms with van der Waals surface area (Å²) in [6.07, 6.45) is 5.95. The molecule has 1 amide bonds. The molecular weight excluding hydrogens is 392 g/mol. The van der Waals surface area contributed by atoms with Gasteiger partial charge in [-0.3, -0.25) is 9.78 Å². The molecule has 7 nitrogen and oxygen atoms in total. The first-order chi connectivity index (χ1) is 15.1. The Labute approximate surface area is 181 Å². The summed E-state index contributed by atoms with van der Waals surface area (Å²) < 4.78 is 5.66. The Morgan fingerprint density at radius 1 is 1.10 bits per heavy atom. The highest BCUT2D eigenvalue weighted by Gasteiger charge is 2.43. The van der Waals surface area contributed by atoms with Crippen LogP contribution in [0.1, 0.15) is 29.0 Å². The molecule has 1 aliphatic heterocycles. The molecule has 31 heavy (non-hydrogen) atoms. The van der Waals surface area contributed by atoms with Gasteiger partial charge in [0.2, 0.25) is 0 Å². The fraction of sp³-hybridized carbons (Fsp3) is 0.375. The van der Waals surface area contributed by atoms with Gasteiger partial charge in [0.1, 0.15) is 17.3 Å². The maximum atomic E-state index is 13.1. The molecule has 5 rings (SSSR count). The van der Waals surface area contributed by atoms with Crippen molar-refractivity contribution in [1.29, 1.82) is 0 Å². The number of nitrogens with zero attached hydrogens (tertiary/aromatic N) is 3. The van der Waals surface area contributed by atoms with Crippen LogP contribution >= 0.6 is 0 Å². The topological polar surface area (TPSA) is 91.5 Å². The van der Waals surface area contributed by atoms with E-state index >= 15 is 0 Å². The summed E-state index contributed by atoms with van der Waals surface area (Å²) in [5.41, 5.74) is 1.64. The fourth-order valence-electron chi connectivity index (χ4n) is 4.86. The zero-order valence-electron chi connectivity index (χ0n) is 17.4. The number of hydrogen-bond donors (Lipinski definition) is 2. The van der Waals surface area contributed by atoms with E-state index in [2.05, 4.69) is 15.3 Å². The van der Waals surface area contributed by atoms with E-state index in [0.29, 0.717) is 42.7 Å². The lowest BCUT2D eigenvalue weighted by Gasteiger charge is -2.35. The molecule has 160 valence electrons. The standard InChI is InChI=1S/C24H26N4O3/c1-15-2-7-22(31-15)16-3-5-17(6-4-16)24(30)28-13-18-10-20(21(29)11-19(18)14-28)27-23-12-25-8-9-26-23/h2-9,12,18-21,29H,10-11,13-14H2,1H3,(H,26,27)/t18-,19+,20-,21-/m1/s1. The summed E-state index contributed by atoms with van der Waals surface area (Å²) in [5.74, 6) is 3.08. The summed E-state index contributed by atoms with van der Waals surface area (Å²) in [4.78, 5) is 23.4. The number of fused-ring (bicyclic) bond motifs is 1. The SMILES string of the molecule is Cc1ccc(-c2ccc(C(=O)N3C[C@H]4C[C@@H](Nc5cnccn5)[C@H](O)C[C@H]4C3)cc2)o1. The number of benzene rings is 1. The molecule has 1 saturated carbocycles. The zero-order valence-corrected chi connectivity index (χ0v) is 17.4. The minimum Gasteiger partial charge on any atom is -0.461 e. The van der Waals surface area contributed by atoms with Gasteiger partial charge in [-0.05, 0) is 55.9 Å². The summed E-state index contributed by atoms with van der Waals surface area (Å²) in [7, 11) is 0. The van der Waals surface area contributed by atoms with Gasteiger partial charge in [0, 0.05) is 36.6 Å². The number of carbonyl (C=O) groups is 1. The Kier molecular flexibility index (Phi) is 5.19. The maximum absolute atomic E-state index is 13.1. The van der Waals surface area contributed by atoms with Gasteiger partial charge < -0.3 is 19.7 Å². The Hall–Kier alpha value is -3.19. The van der Waals surface area contributed by atoms with Crippen molar-refractivity contribution in [2.45, 2.75) is 31.9 Å². The molecule has 3 aromatic rings. The van der Waals surface area contributed by atoms with Gasteiger partial charge in [-0.15, -0.1) is 0 Å². The van der Waals surface area contributed by atoms with Gasteiger partial charge >= 0.3 is 0 Å². The first kappa shape index (κ1) is 19.8. The van der Waals surface area contributed by atoms with Crippen molar-refractivity contribution in [2.24, 2.45) is 11.8 Å². The molecule has 0 radical (unpaired) electrons. The number of likely N-dealkylation sites (tertiary alicyclic amines) is 1. The highest BCUT2D eigenvalue weighted by atomic mass is 16.3. The number of hydrogen-bond acceptors (Lipinski definition) is 6. The van der Waals surface area contributed by atoms with E-state index in [1.54, 1.807) is 18.6 Å². The van der Waals surface area contributed by atoms with Gasteiger partial charge in [0.05, 0.1) is 18.3 Å². The number of rotatable bonds is 4. The van der Waals surface area contributed by atoms with E-state index in [0.717, 1.165) is 23.5 Å².